The molecular formula is C16H24N4. The van der Waals surface area contributed by atoms with Gasteiger partial charge in [0.15, 0.2) is 0 Å². The van der Waals surface area contributed by atoms with Gasteiger partial charge in [0, 0.05) is 13.2 Å². The van der Waals surface area contributed by atoms with Crippen LogP contribution in [0.25, 0.3) is 0 Å². The summed E-state index contributed by atoms with van der Waals surface area (Å²) < 4.78 is 1.81. The molecule has 0 aliphatic rings. The van der Waals surface area contributed by atoms with Crippen LogP contribution in [0.1, 0.15) is 43.5 Å². The number of benzene rings is 1. The molecule has 0 radical (unpaired) electrons. The predicted molar refractivity (Wildman–Crippen MR) is 82.1 cm³/mol. The van der Waals surface area contributed by atoms with Crippen molar-refractivity contribution in [1.82, 2.24) is 15.2 Å². The molecule has 2 rings (SSSR count). The summed E-state index contributed by atoms with van der Waals surface area (Å²) in [7, 11) is 1.92. The Morgan fingerprint density at radius 2 is 1.90 bits per heavy atom. The first-order chi connectivity index (χ1) is 9.40. The Bertz CT molecular complexity index is 549. The number of aryl methyl sites for hydroxylation is 1. The number of aromatic nitrogens is 2. The normalized spacial score (nSPS) is 13.4. The van der Waals surface area contributed by atoms with Gasteiger partial charge in [-0.25, -0.2) is 0 Å². The molecule has 2 aromatic rings. The zero-order valence-corrected chi connectivity index (χ0v) is 12.7. The number of nitrogens with zero attached hydrogens (tertiary/aromatic N) is 2. The minimum atomic E-state index is 0.105. The van der Waals surface area contributed by atoms with E-state index in [0.717, 1.165) is 6.42 Å². The van der Waals surface area contributed by atoms with Crippen LogP contribution in [0.3, 0.4) is 0 Å². The second-order valence-corrected chi connectivity index (χ2v) is 6.32. The van der Waals surface area contributed by atoms with Gasteiger partial charge in [-0.1, -0.05) is 45.0 Å². The van der Waals surface area contributed by atoms with Crippen molar-refractivity contribution in [1.29, 1.82) is 0 Å². The third-order valence-corrected chi connectivity index (χ3v) is 3.58. The molecule has 20 heavy (non-hydrogen) atoms. The molecule has 0 saturated carbocycles. The van der Waals surface area contributed by atoms with Gasteiger partial charge in [0.2, 0.25) is 0 Å². The van der Waals surface area contributed by atoms with Crippen molar-refractivity contribution in [3.63, 3.8) is 0 Å². The van der Waals surface area contributed by atoms with Gasteiger partial charge in [0.25, 0.3) is 0 Å². The smallest absolute Gasteiger partial charge is 0.0522 e. The maximum Gasteiger partial charge on any atom is 0.0522 e. The van der Waals surface area contributed by atoms with E-state index in [1.165, 1.54) is 16.7 Å². The van der Waals surface area contributed by atoms with Crippen molar-refractivity contribution < 1.29 is 0 Å². The Balaban J connectivity index is 2.15. The van der Waals surface area contributed by atoms with Crippen LogP contribution in [0.2, 0.25) is 0 Å². The second-order valence-electron chi connectivity index (χ2n) is 6.32. The lowest BCUT2D eigenvalue weighted by Crippen LogP contribution is -2.29. The van der Waals surface area contributed by atoms with E-state index in [-0.39, 0.29) is 11.5 Å². The summed E-state index contributed by atoms with van der Waals surface area (Å²) in [5, 5.41) is 4.19. The van der Waals surface area contributed by atoms with Gasteiger partial charge in [-0.3, -0.25) is 16.0 Å². The van der Waals surface area contributed by atoms with Gasteiger partial charge in [-0.05, 0) is 28.5 Å². The molecule has 0 aliphatic carbocycles. The molecule has 1 heterocycles. The van der Waals surface area contributed by atoms with E-state index < -0.39 is 0 Å². The summed E-state index contributed by atoms with van der Waals surface area (Å²) >= 11 is 0. The van der Waals surface area contributed by atoms with E-state index in [1.54, 1.807) is 0 Å². The highest BCUT2D eigenvalue weighted by molar-refractivity contribution is 5.30. The third kappa shape index (κ3) is 3.46. The van der Waals surface area contributed by atoms with E-state index >= 15 is 0 Å². The maximum absolute atomic E-state index is 5.71. The zero-order valence-electron chi connectivity index (χ0n) is 12.7. The summed E-state index contributed by atoms with van der Waals surface area (Å²) in [6.45, 7) is 6.66. The predicted octanol–water partition coefficient (Wildman–Crippen LogP) is 2.46. The van der Waals surface area contributed by atoms with Crippen molar-refractivity contribution in [2.24, 2.45) is 12.9 Å². The van der Waals surface area contributed by atoms with E-state index in [4.69, 9.17) is 5.84 Å². The first kappa shape index (κ1) is 14.8. The Morgan fingerprint density at radius 1 is 1.25 bits per heavy atom. The Hall–Kier alpha value is -1.65. The van der Waals surface area contributed by atoms with Crippen LogP contribution >= 0.6 is 0 Å². The Labute approximate surface area is 121 Å². The molecule has 4 heteroatoms. The van der Waals surface area contributed by atoms with Crippen LogP contribution in [0.15, 0.2) is 36.7 Å². The molecule has 1 aromatic heterocycles. The van der Waals surface area contributed by atoms with Crippen molar-refractivity contribution in [2.45, 2.75) is 38.6 Å². The van der Waals surface area contributed by atoms with Gasteiger partial charge >= 0.3 is 0 Å². The number of nitrogens with one attached hydrogen (secondary N) is 1. The topological polar surface area (TPSA) is 55.9 Å². The van der Waals surface area contributed by atoms with E-state index in [2.05, 4.69) is 55.6 Å². The first-order valence-corrected chi connectivity index (χ1v) is 6.94. The minimum absolute atomic E-state index is 0.105. The highest BCUT2D eigenvalue weighted by Gasteiger charge is 2.15. The molecule has 1 unspecified atom stereocenters. The molecule has 3 N–H and O–H groups in total. The van der Waals surface area contributed by atoms with Gasteiger partial charge in [-0.15, -0.1) is 0 Å². The minimum Gasteiger partial charge on any atom is -0.276 e. The lowest BCUT2D eigenvalue weighted by Gasteiger charge is -2.21. The van der Waals surface area contributed by atoms with E-state index in [1.807, 2.05) is 24.1 Å². The van der Waals surface area contributed by atoms with Gasteiger partial charge < -0.3 is 0 Å². The fraction of sp³-hybridized carbons (Fsp3) is 0.438. The first-order valence-electron chi connectivity index (χ1n) is 6.94. The van der Waals surface area contributed by atoms with Crippen LogP contribution in [0.4, 0.5) is 0 Å². The molecule has 0 aliphatic heterocycles. The number of hydrogen-bond acceptors (Lipinski definition) is 3. The summed E-state index contributed by atoms with van der Waals surface area (Å²) in [6.07, 6.45) is 4.74. The number of hydrogen-bond donors (Lipinski definition) is 2. The molecule has 0 bridgehead atoms. The van der Waals surface area contributed by atoms with Gasteiger partial charge in [-0.2, -0.15) is 5.10 Å². The second kappa shape index (κ2) is 5.77. The average molecular weight is 272 g/mol. The fourth-order valence-corrected chi connectivity index (χ4v) is 2.30. The van der Waals surface area contributed by atoms with Crippen molar-refractivity contribution >= 4 is 0 Å². The van der Waals surface area contributed by atoms with Crippen molar-refractivity contribution in [2.75, 3.05) is 0 Å². The molecule has 0 amide bonds. The van der Waals surface area contributed by atoms with Crippen LogP contribution < -0.4 is 11.3 Å². The lowest BCUT2D eigenvalue weighted by atomic mass is 9.86. The Morgan fingerprint density at radius 3 is 2.35 bits per heavy atom. The third-order valence-electron chi connectivity index (χ3n) is 3.58. The number of hydrazine groups is 1. The largest absolute Gasteiger partial charge is 0.276 e. The molecule has 1 aromatic carbocycles. The maximum atomic E-state index is 5.71. The SMILES string of the molecule is Cn1cc(CC(NN)c2ccc(C(C)(C)C)cc2)cn1. The van der Waals surface area contributed by atoms with Crippen LogP contribution in [0.5, 0.6) is 0 Å². The molecular weight excluding hydrogens is 248 g/mol. The standard InChI is InChI=1S/C16H24N4/c1-16(2,3)14-7-5-13(6-8-14)15(19-17)9-12-10-18-20(4)11-12/h5-8,10-11,15,19H,9,17H2,1-4H3. The molecule has 0 fully saturated rings. The van der Waals surface area contributed by atoms with Crippen molar-refractivity contribution in [3.8, 4) is 0 Å². The van der Waals surface area contributed by atoms with Gasteiger partial charge in [0.1, 0.15) is 0 Å². The molecule has 4 nitrogen and oxygen atoms in total. The monoisotopic (exact) mass is 272 g/mol. The summed E-state index contributed by atoms with van der Waals surface area (Å²) in [5.74, 6) is 5.71. The summed E-state index contributed by atoms with van der Waals surface area (Å²) in [6, 6.07) is 8.78. The highest BCUT2D eigenvalue weighted by Crippen LogP contribution is 2.24. The number of nitrogens with two attached hydrogens (primary N) is 1. The highest BCUT2D eigenvalue weighted by atomic mass is 15.2. The Kier molecular flexibility index (Phi) is 4.26. The molecule has 0 spiro atoms. The quantitative estimate of drug-likeness (QED) is 0.664. The zero-order chi connectivity index (χ0) is 14.8. The average Bonchev–Trinajstić information content (AvgIpc) is 2.81. The molecule has 108 valence electrons. The summed E-state index contributed by atoms with van der Waals surface area (Å²) in [4.78, 5) is 0. The fourth-order valence-electron chi connectivity index (χ4n) is 2.30. The lowest BCUT2D eigenvalue weighted by molar-refractivity contribution is 0.549. The summed E-state index contributed by atoms with van der Waals surface area (Å²) in [5.41, 5.74) is 6.78. The molecule has 1 atom stereocenters. The van der Waals surface area contributed by atoms with E-state index in [9.17, 15) is 0 Å². The van der Waals surface area contributed by atoms with Crippen molar-refractivity contribution in [3.05, 3.63) is 53.3 Å². The number of rotatable bonds is 4. The molecule has 0 saturated heterocycles. The van der Waals surface area contributed by atoms with Crippen LogP contribution in [0, 0.1) is 0 Å². The van der Waals surface area contributed by atoms with E-state index in [0.29, 0.717) is 0 Å². The van der Waals surface area contributed by atoms with Gasteiger partial charge in [0.05, 0.1) is 12.2 Å². The van der Waals surface area contributed by atoms with Crippen LogP contribution in [-0.2, 0) is 18.9 Å². The van der Waals surface area contributed by atoms with Crippen LogP contribution in [-0.4, -0.2) is 9.78 Å².